The van der Waals surface area contributed by atoms with Gasteiger partial charge < -0.3 is 10.2 Å². The molecular formula is C19H21ClN2O2. The Morgan fingerprint density at radius 2 is 1.79 bits per heavy atom. The molecule has 0 unspecified atom stereocenters. The van der Waals surface area contributed by atoms with Crippen molar-refractivity contribution in [3.8, 4) is 0 Å². The molecule has 24 heavy (non-hydrogen) atoms. The van der Waals surface area contributed by atoms with E-state index in [0.717, 1.165) is 16.8 Å². The topological polar surface area (TPSA) is 49.4 Å². The molecule has 0 aromatic heterocycles. The summed E-state index contributed by atoms with van der Waals surface area (Å²) < 4.78 is 0. The highest BCUT2D eigenvalue weighted by Crippen LogP contribution is 2.31. The van der Waals surface area contributed by atoms with Gasteiger partial charge in [-0.3, -0.25) is 9.59 Å². The minimum absolute atomic E-state index is 0.142. The number of hydrogen-bond acceptors (Lipinski definition) is 2. The second kappa shape index (κ2) is 7.97. The van der Waals surface area contributed by atoms with Crippen LogP contribution < -0.4 is 10.2 Å². The second-order valence-corrected chi connectivity index (χ2v) is 6.15. The molecule has 2 aromatic carbocycles. The van der Waals surface area contributed by atoms with Crippen molar-refractivity contribution >= 4 is 34.8 Å². The van der Waals surface area contributed by atoms with Crippen LogP contribution >= 0.6 is 11.6 Å². The molecule has 0 saturated heterocycles. The number of amides is 2. The van der Waals surface area contributed by atoms with Gasteiger partial charge in [-0.25, -0.2) is 0 Å². The van der Waals surface area contributed by atoms with E-state index in [-0.39, 0.29) is 24.8 Å². The van der Waals surface area contributed by atoms with Crippen LogP contribution in [0.1, 0.15) is 24.5 Å². The predicted molar refractivity (Wildman–Crippen MR) is 98.6 cm³/mol. The molecule has 0 atom stereocenters. The smallest absolute Gasteiger partial charge is 0.226 e. The van der Waals surface area contributed by atoms with Crippen molar-refractivity contribution in [3.05, 3.63) is 58.6 Å². The zero-order valence-corrected chi connectivity index (χ0v) is 14.9. The summed E-state index contributed by atoms with van der Waals surface area (Å²) in [6.45, 7) is 5.62. The number of carbonyl (C=O) groups excluding carboxylic acids is 2. The Morgan fingerprint density at radius 1 is 1.12 bits per heavy atom. The summed E-state index contributed by atoms with van der Waals surface area (Å²) >= 11 is 6.32. The molecule has 126 valence electrons. The zero-order valence-electron chi connectivity index (χ0n) is 14.1. The first kappa shape index (κ1) is 18.0. The molecule has 0 radical (unpaired) electrons. The first-order valence-corrected chi connectivity index (χ1v) is 8.16. The molecule has 2 rings (SSSR count). The molecule has 0 aliphatic rings. The Balaban J connectivity index is 2.10. The van der Waals surface area contributed by atoms with Gasteiger partial charge in [0.05, 0.1) is 10.7 Å². The molecule has 0 fully saturated rings. The van der Waals surface area contributed by atoms with Crippen molar-refractivity contribution in [2.24, 2.45) is 0 Å². The van der Waals surface area contributed by atoms with E-state index < -0.39 is 0 Å². The van der Waals surface area contributed by atoms with Crippen LogP contribution in [-0.4, -0.2) is 18.4 Å². The van der Waals surface area contributed by atoms with Crippen LogP contribution in [0.2, 0.25) is 5.02 Å². The highest BCUT2D eigenvalue weighted by molar-refractivity contribution is 6.34. The summed E-state index contributed by atoms with van der Waals surface area (Å²) in [7, 11) is 0. The Hall–Kier alpha value is -2.33. The third-order valence-electron chi connectivity index (χ3n) is 3.67. The molecule has 0 aliphatic heterocycles. The highest BCUT2D eigenvalue weighted by atomic mass is 35.5. The number of carbonyl (C=O) groups is 2. The molecule has 4 nitrogen and oxygen atoms in total. The predicted octanol–water partition coefficient (Wildman–Crippen LogP) is 4.34. The van der Waals surface area contributed by atoms with Crippen molar-refractivity contribution in [1.82, 2.24) is 0 Å². The van der Waals surface area contributed by atoms with Crippen LogP contribution in [0.5, 0.6) is 0 Å². The SMILES string of the molecule is CC(=O)N(CCC(=O)Nc1ccccc1)c1c(C)cc(C)cc1Cl. The van der Waals surface area contributed by atoms with E-state index in [2.05, 4.69) is 5.32 Å². The molecule has 0 bridgehead atoms. The van der Waals surface area contributed by atoms with E-state index in [9.17, 15) is 9.59 Å². The second-order valence-electron chi connectivity index (χ2n) is 5.75. The number of benzene rings is 2. The van der Waals surface area contributed by atoms with Gasteiger partial charge in [0.25, 0.3) is 0 Å². The third kappa shape index (κ3) is 4.59. The summed E-state index contributed by atoms with van der Waals surface area (Å²) in [5.41, 5.74) is 3.36. The van der Waals surface area contributed by atoms with E-state index in [1.807, 2.05) is 56.3 Å². The molecule has 2 aromatic rings. The Bertz CT molecular complexity index is 721. The van der Waals surface area contributed by atoms with Crippen LogP contribution in [0.3, 0.4) is 0 Å². The van der Waals surface area contributed by atoms with E-state index >= 15 is 0 Å². The minimum Gasteiger partial charge on any atom is -0.326 e. The van der Waals surface area contributed by atoms with Crippen molar-refractivity contribution in [2.45, 2.75) is 27.2 Å². The quantitative estimate of drug-likeness (QED) is 0.877. The fraction of sp³-hybridized carbons (Fsp3) is 0.263. The van der Waals surface area contributed by atoms with Crippen LogP contribution in [0, 0.1) is 13.8 Å². The molecule has 0 spiro atoms. The van der Waals surface area contributed by atoms with Gasteiger partial charge >= 0.3 is 0 Å². The van der Waals surface area contributed by atoms with Gasteiger partial charge in [0.2, 0.25) is 11.8 Å². The Kier molecular flexibility index (Phi) is 5.99. The Morgan fingerprint density at radius 3 is 2.38 bits per heavy atom. The van der Waals surface area contributed by atoms with Crippen molar-refractivity contribution < 1.29 is 9.59 Å². The third-order valence-corrected chi connectivity index (χ3v) is 3.96. The number of para-hydroxylation sites is 1. The molecule has 2 amide bonds. The van der Waals surface area contributed by atoms with Gasteiger partial charge in [-0.1, -0.05) is 35.9 Å². The molecule has 5 heteroatoms. The number of aryl methyl sites for hydroxylation is 2. The number of rotatable bonds is 5. The van der Waals surface area contributed by atoms with Gasteiger partial charge in [-0.05, 0) is 43.2 Å². The maximum atomic E-state index is 12.1. The maximum absolute atomic E-state index is 12.1. The van der Waals surface area contributed by atoms with E-state index in [1.165, 1.54) is 6.92 Å². The first-order chi connectivity index (χ1) is 11.4. The lowest BCUT2D eigenvalue weighted by Gasteiger charge is -2.24. The van der Waals surface area contributed by atoms with Gasteiger partial charge in [-0.2, -0.15) is 0 Å². The fourth-order valence-corrected chi connectivity index (χ4v) is 3.06. The van der Waals surface area contributed by atoms with E-state index in [4.69, 9.17) is 11.6 Å². The molecule has 0 heterocycles. The Labute approximate surface area is 147 Å². The normalized spacial score (nSPS) is 10.3. The highest BCUT2D eigenvalue weighted by Gasteiger charge is 2.18. The molecule has 0 saturated carbocycles. The van der Waals surface area contributed by atoms with Crippen LogP contribution in [0.15, 0.2) is 42.5 Å². The van der Waals surface area contributed by atoms with Gasteiger partial charge in [-0.15, -0.1) is 0 Å². The average molecular weight is 345 g/mol. The number of anilines is 2. The summed E-state index contributed by atoms with van der Waals surface area (Å²) in [5.74, 6) is -0.287. The summed E-state index contributed by atoms with van der Waals surface area (Å²) in [6, 6.07) is 13.0. The summed E-state index contributed by atoms with van der Waals surface area (Å²) in [6.07, 6.45) is 0.193. The van der Waals surface area contributed by atoms with Crippen molar-refractivity contribution in [3.63, 3.8) is 0 Å². The summed E-state index contributed by atoms with van der Waals surface area (Å²) in [5, 5.41) is 3.34. The van der Waals surface area contributed by atoms with Gasteiger partial charge in [0.15, 0.2) is 0 Å². The number of halogens is 1. The van der Waals surface area contributed by atoms with E-state index in [1.54, 1.807) is 4.90 Å². The van der Waals surface area contributed by atoms with Crippen molar-refractivity contribution in [2.75, 3.05) is 16.8 Å². The standard InChI is InChI=1S/C19H21ClN2O2/c1-13-11-14(2)19(17(20)12-13)22(15(3)23)10-9-18(24)21-16-7-5-4-6-8-16/h4-8,11-12H,9-10H2,1-3H3,(H,21,24). The largest absolute Gasteiger partial charge is 0.326 e. The molecule has 0 aliphatic carbocycles. The van der Waals surface area contributed by atoms with Gasteiger partial charge in [0.1, 0.15) is 0 Å². The fourth-order valence-electron chi connectivity index (χ4n) is 2.63. The molecular weight excluding hydrogens is 324 g/mol. The van der Waals surface area contributed by atoms with E-state index in [0.29, 0.717) is 10.7 Å². The molecule has 1 N–H and O–H groups in total. The first-order valence-electron chi connectivity index (χ1n) is 7.78. The maximum Gasteiger partial charge on any atom is 0.226 e. The number of nitrogens with zero attached hydrogens (tertiary/aromatic N) is 1. The summed E-state index contributed by atoms with van der Waals surface area (Å²) in [4.78, 5) is 25.7. The lowest BCUT2D eigenvalue weighted by Crippen LogP contribution is -2.32. The minimum atomic E-state index is -0.145. The lowest BCUT2D eigenvalue weighted by molar-refractivity contribution is -0.117. The lowest BCUT2D eigenvalue weighted by atomic mass is 10.1. The van der Waals surface area contributed by atoms with Crippen LogP contribution in [0.25, 0.3) is 0 Å². The van der Waals surface area contributed by atoms with Crippen LogP contribution in [0.4, 0.5) is 11.4 Å². The number of hydrogen-bond donors (Lipinski definition) is 1. The van der Waals surface area contributed by atoms with Crippen LogP contribution in [-0.2, 0) is 9.59 Å². The monoisotopic (exact) mass is 344 g/mol. The average Bonchev–Trinajstić information content (AvgIpc) is 2.50. The van der Waals surface area contributed by atoms with Crippen molar-refractivity contribution in [1.29, 1.82) is 0 Å². The zero-order chi connectivity index (χ0) is 17.7. The number of nitrogens with one attached hydrogen (secondary N) is 1. The van der Waals surface area contributed by atoms with Gasteiger partial charge in [0, 0.05) is 25.6 Å².